The molecule has 0 saturated carbocycles. The van der Waals surface area contributed by atoms with Crippen molar-refractivity contribution in [3.05, 3.63) is 0 Å². The maximum atomic E-state index is 4.85. The van der Waals surface area contributed by atoms with Crippen LogP contribution in [0.25, 0.3) is 0 Å². The highest BCUT2D eigenvalue weighted by atomic mass is 16.6. The summed E-state index contributed by atoms with van der Waals surface area (Å²) in [6.07, 6.45) is 4.75. The zero-order chi connectivity index (χ0) is 10.6. The molecule has 1 atom stereocenters. The van der Waals surface area contributed by atoms with Crippen LogP contribution < -0.4 is 0 Å². The molecule has 14 heavy (non-hydrogen) atoms. The van der Waals surface area contributed by atoms with Gasteiger partial charge in [-0.05, 0) is 19.9 Å². The number of oxime groups is 1. The van der Waals surface area contributed by atoms with Crippen molar-refractivity contribution >= 4 is 5.71 Å². The lowest BCUT2D eigenvalue weighted by Crippen LogP contribution is -2.40. The van der Waals surface area contributed by atoms with E-state index < -0.39 is 0 Å². The van der Waals surface area contributed by atoms with Gasteiger partial charge < -0.3 is 4.84 Å². The topological polar surface area (TPSA) is 24.8 Å². The van der Waals surface area contributed by atoms with Gasteiger partial charge in [0.1, 0.15) is 7.11 Å². The van der Waals surface area contributed by atoms with E-state index in [2.05, 4.69) is 31.0 Å². The molecule has 0 N–H and O–H groups in total. The molecular weight excluding hydrogens is 176 g/mol. The Balaban J connectivity index is 2.74. The van der Waals surface area contributed by atoms with Gasteiger partial charge in [-0.15, -0.1) is 0 Å². The lowest BCUT2D eigenvalue weighted by atomic mass is 9.88. The van der Waals surface area contributed by atoms with Crippen LogP contribution in [0, 0.1) is 0 Å². The molecule has 0 aromatic carbocycles. The van der Waals surface area contributed by atoms with Gasteiger partial charge in [-0.2, -0.15) is 0 Å². The van der Waals surface area contributed by atoms with Gasteiger partial charge in [0.15, 0.2) is 0 Å². The van der Waals surface area contributed by atoms with Crippen LogP contribution in [0.5, 0.6) is 0 Å². The molecule has 1 aliphatic rings. The van der Waals surface area contributed by atoms with E-state index in [-0.39, 0.29) is 0 Å². The summed E-state index contributed by atoms with van der Waals surface area (Å²) in [6, 6.07) is 0. The smallest absolute Gasteiger partial charge is 0.106 e. The highest BCUT2D eigenvalue weighted by Gasteiger charge is 2.39. The Labute approximate surface area is 87.1 Å². The highest BCUT2D eigenvalue weighted by Crippen LogP contribution is 2.33. The van der Waals surface area contributed by atoms with E-state index in [0.717, 1.165) is 13.0 Å². The maximum absolute atomic E-state index is 4.85. The molecule has 1 heterocycles. The average Bonchev–Trinajstić information content (AvgIpc) is 2.45. The number of likely N-dealkylation sites (tertiary alicyclic amines) is 1. The second kappa shape index (κ2) is 4.78. The van der Waals surface area contributed by atoms with E-state index in [1.165, 1.54) is 25.0 Å². The molecule has 0 amide bonds. The summed E-state index contributed by atoms with van der Waals surface area (Å²) in [6.45, 7) is 5.47. The van der Waals surface area contributed by atoms with Crippen LogP contribution in [0.3, 0.4) is 0 Å². The molecule has 0 aromatic heterocycles. The third kappa shape index (κ3) is 2.08. The summed E-state index contributed by atoms with van der Waals surface area (Å²) in [7, 11) is 3.82. The minimum atomic E-state index is 0.339. The zero-order valence-electron chi connectivity index (χ0n) is 9.84. The SMILES string of the molecule is CCCC1(CC)C/C(=N/OC)CN1C. The first-order valence-corrected chi connectivity index (χ1v) is 5.48. The summed E-state index contributed by atoms with van der Waals surface area (Å²) < 4.78 is 0. The summed E-state index contributed by atoms with van der Waals surface area (Å²) in [5.74, 6) is 0. The monoisotopic (exact) mass is 198 g/mol. The van der Waals surface area contributed by atoms with Gasteiger partial charge in [-0.1, -0.05) is 25.4 Å². The van der Waals surface area contributed by atoms with Crippen molar-refractivity contribution in [1.29, 1.82) is 0 Å². The minimum Gasteiger partial charge on any atom is -0.399 e. The predicted octanol–water partition coefficient (Wildman–Crippen LogP) is 2.27. The molecule has 0 spiro atoms. The molecule has 3 heteroatoms. The first kappa shape index (κ1) is 11.5. The summed E-state index contributed by atoms with van der Waals surface area (Å²) in [5.41, 5.74) is 1.52. The second-order valence-electron chi connectivity index (χ2n) is 4.20. The van der Waals surface area contributed by atoms with E-state index in [1.54, 1.807) is 7.11 Å². The summed E-state index contributed by atoms with van der Waals surface area (Å²) >= 11 is 0. The minimum absolute atomic E-state index is 0.339. The Bertz CT molecular complexity index is 215. The van der Waals surface area contributed by atoms with Crippen LogP contribution in [-0.2, 0) is 4.84 Å². The van der Waals surface area contributed by atoms with Crippen LogP contribution in [0.2, 0.25) is 0 Å². The quantitative estimate of drug-likeness (QED) is 0.647. The van der Waals surface area contributed by atoms with Gasteiger partial charge in [-0.3, -0.25) is 4.90 Å². The number of hydrogen-bond acceptors (Lipinski definition) is 3. The molecule has 1 fully saturated rings. The maximum Gasteiger partial charge on any atom is 0.106 e. The Hall–Kier alpha value is -0.570. The van der Waals surface area contributed by atoms with Crippen molar-refractivity contribution in [3.8, 4) is 0 Å². The van der Waals surface area contributed by atoms with E-state index in [9.17, 15) is 0 Å². The number of rotatable bonds is 4. The Kier molecular flexibility index (Phi) is 3.93. The van der Waals surface area contributed by atoms with E-state index in [4.69, 9.17) is 4.84 Å². The van der Waals surface area contributed by atoms with Crippen LogP contribution >= 0.6 is 0 Å². The standard InChI is InChI=1S/C11H22N2O/c1-5-7-11(6-2)8-10(12-14-4)9-13(11)3/h5-9H2,1-4H3/b12-10-. The van der Waals surface area contributed by atoms with Gasteiger partial charge in [0.25, 0.3) is 0 Å². The number of nitrogens with zero attached hydrogens (tertiary/aromatic N) is 2. The fraction of sp³-hybridized carbons (Fsp3) is 0.909. The van der Waals surface area contributed by atoms with Crippen molar-refractivity contribution < 1.29 is 4.84 Å². The second-order valence-corrected chi connectivity index (χ2v) is 4.20. The number of hydrogen-bond donors (Lipinski definition) is 0. The molecule has 0 bridgehead atoms. The van der Waals surface area contributed by atoms with Crippen molar-refractivity contribution in [2.45, 2.75) is 45.1 Å². The Morgan fingerprint density at radius 3 is 2.71 bits per heavy atom. The van der Waals surface area contributed by atoms with Crippen LogP contribution in [0.1, 0.15) is 39.5 Å². The zero-order valence-corrected chi connectivity index (χ0v) is 9.84. The van der Waals surface area contributed by atoms with E-state index in [0.29, 0.717) is 5.54 Å². The van der Waals surface area contributed by atoms with Gasteiger partial charge in [0, 0.05) is 18.5 Å². The first-order chi connectivity index (χ1) is 6.68. The predicted molar refractivity (Wildman–Crippen MR) is 59.6 cm³/mol. The Morgan fingerprint density at radius 1 is 1.50 bits per heavy atom. The Morgan fingerprint density at radius 2 is 2.21 bits per heavy atom. The van der Waals surface area contributed by atoms with E-state index >= 15 is 0 Å². The molecule has 0 aliphatic carbocycles. The fourth-order valence-electron chi connectivity index (χ4n) is 2.52. The van der Waals surface area contributed by atoms with Gasteiger partial charge in [-0.25, -0.2) is 0 Å². The van der Waals surface area contributed by atoms with Crippen molar-refractivity contribution in [2.24, 2.45) is 5.16 Å². The van der Waals surface area contributed by atoms with Gasteiger partial charge >= 0.3 is 0 Å². The summed E-state index contributed by atoms with van der Waals surface area (Å²) in [4.78, 5) is 7.28. The van der Waals surface area contributed by atoms with Crippen molar-refractivity contribution in [3.63, 3.8) is 0 Å². The van der Waals surface area contributed by atoms with Gasteiger partial charge in [0.05, 0.1) is 5.71 Å². The lowest BCUT2D eigenvalue weighted by Gasteiger charge is -2.34. The molecule has 1 aliphatic heterocycles. The van der Waals surface area contributed by atoms with Crippen LogP contribution in [-0.4, -0.2) is 36.9 Å². The highest BCUT2D eigenvalue weighted by molar-refractivity contribution is 5.89. The van der Waals surface area contributed by atoms with Crippen molar-refractivity contribution in [1.82, 2.24) is 4.90 Å². The molecule has 1 saturated heterocycles. The largest absolute Gasteiger partial charge is 0.399 e. The molecule has 0 radical (unpaired) electrons. The van der Waals surface area contributed by atoms with Crippen LogP contribution in [0.15, 0.2) is 5.16 Å². The normalized spacial score (nSPS) is 31.3. The average molecular weight is 198 g/mol. The third-order valence-corrected chi connectivity index (χ3v) is 3.36. The first-order valence-electron chi connectivity index (χ1n) is 5.48. The molecule has 1 unspecified atom stereocenters. The third-order valence-electron chi connectivity index (χ3n) is 3.36. The fourth-order valence-corrected chi connectivity index (χ4v) is 2.52. The van der Waals surface area contributed by atoms with Gasteiger partial charge in [0.2, 0.25) is 0 Å². The van der Waals surface area contributed by atoms with Crippen LogP contribution in [0.4, 0.5) is 0 Å². The molecule has 3 nitrogen and oxygen atoms in total. The molecule has 1 rings (SSSR count). The lowest BCUT2D eigenvalue weighted by molar-refractivity contribution is 0.153. The molecule has 0 aromatic rings. The van der Waals surface area contributed by atoms with Crippen molar-refractivity contribution in [2.75, 3.05) is 20.7 Å². The van der Waals surface area contributed by atoms with E-state index in [1.807, 2.05) is 0 Å². The molecular formula is C11H22N2O. The molecule has 82 valence electrons. The summed E-state index contributed by atoms with van der Waals surface area (Å²) in [5, 5.41) is 4.07.